The number of benzene rings is 1. The number of aromatic nitrogens is 1. The van der Waals surface area contributed by atoms with E-state index in [-0.39, 0.29) is 5.54 Å². The SMILES string of the molecule is NC1(c2cccc3ocnc23)CC1. The Morgan fingerprint density at radius 1 is 1.38 bits per heavy atom. The molecule has 2 N–H and O–H groups in total. The predicted molar refractivity (Wildman–Crippen MR) is 49.1 cm³/mol. The summed E-state index contributed by atoms with van der Waals surface area (Å²) in [5, 5.41) is 0. The largest absolute Gasteiger partial charge is 0.443 e. The Morgan fingerprint density at radius 2 is 2.23 bits per heavy atom. The van der Waals surface area contributed by atoms with Gasteiger partial charge in [0.05, 0.1) is 0 Å². The lowest BCUT2D eigenvalue weighted by Gasteiger charge is -2.08. The van der Waals surface area contributed by atoms with E-state index in [0.29, 0.717) is 0 Å². The zero-order valence-electron chi connectivity index (χ0n) is 7.16. The number of para-hydroxylation sites is 1. The van der Waals surface area contributed by atoms with E-state index in [0.717, 1.165) is 29.5 Å². The van der Waals surface area contributed by atoms with Crippen LogP contribution >= 0.6 is 0 Å². The van der Waals surface area contributed by atoms with Crippen molar-refractivity contribution in [3.05, 3.63) is 30.2 Å². The van der Waals surface area contributed by atoms with Crippen LogP contribution in [0.15, 0.2) is 29.0 Å². The minimum absolute atomic E-state index is 0.129. The minimum Gasteiger partial charge on any atom is -0.443 e. The molecule has 2 aromatic rings. The molecular formula is C10H10N2O. The molecule has 3 rings (SSSR count). The van der Waals surface area contributed by atoms with Crippen LogP contribution in [-0.2, 0) is 5.54 Å². The van der Waals surface area contributed by atoms with Crippen molar-refractivity contribution in [2.75, 3.05) is 0 Å². The standard InChI is InChI=1S/C10H10N2O/c11-10(4-5-10)7-2-1-3-8-9(7)12-6-13-8/h1-3,6H,4-5,11H2. The topological polar surface area (TPSA) is 52.0 Å². The van der Waals surface area contributed by atoms with Crippen LogP contribution in [0.2, 0.25) is 0 Å². The molecule has 1 saturated carbocycles. The molecule has 1 heterocycles. The fraction of sp³-hybridized carbons (Fsp3) is 0.300. The first-order chi connectivity index (χ1) is 6.30. The number of hydrogen-bond acceptors (Lipinski definition) is 3. The summed E-state index contributed by atoms with van der Waals surface area (Å²) in [5.74, 6) is 0. The molecule has 3 heteroatoms. The van der Waals surface area contributed by atoms with Crippen molar-refractivity contribution in [3.63, 3.8) is 0 Å². The highest BCUT2D eigenvalue weighted by molar-refractivity contribution is 5.77. The Bertz CT molecular complexity index is 457. The third kappa shape index (κ3) is 0.906. The molecular weight excluding hydrogens is 164 g/mol. The van der Waals surface area contributed by atoms with Crippen molar-refractivity contribution in [2.45, 2.75) is 18.4 Å². The normalized spacial score (nSPS) is 19.2. The summed E-state index contributed by atoms with van der Waals surface area (Å²) in [6, 6.07) is 5.92. The van der Waals surface area contributed by atoms with Gasteiger partial charge in [0.1, 0.15) is 5.52 Å². The minimum atomic E-state index is -0.129. The molecule has 0 aliphatic heterocycles. The van der Waals surface area contributed by atoms with Crippen LogP contribution in [0.4, 0.5) is 0 Å². The van der Waals surface area contributed by atoms with E-state index < -0.39 is 0 Å². The molecule has 0 atom stereocenters. The van der Waals surface area contributed by atoms with Crippen molar-refractivity contribution in [1.82, 2.24) is 4.98 Å². The van der Waals surface area contributed by atoms with Crippen molar-refractivity contribution in [1.29, 1.82) is 0 Å². The third-order valence-corrected chi connectivity index (χ3v) is 2.69. The van der Waals surface area contributed by atoms with E-state index in [2.05, 4.69) is 4.98 Å². The highest BCUT2D eigenvalue weighted by atomic mass is 16.3. The first-order valence-electron chi connectivity index (χ1n) is 4.41. The molecule has 1 fully saturated rings. The number of nitrogens with zero attached hydrogens (tertiary/aromatic N) is 1. The lowest BCUT2D eigenvalue weighted by molar-refractivity contribution is 0.602. The van der Waals surface area contributed by atoms with Crippen molar-refractivity contribution >= 4 is 11.1 Å². The Morgan fingerprint density at radius 3 is 3.00 bits per heavy atom. The highest BCUT2D eigenvalue weighted by Gasteiger charge is 2.41. The smallest absolute Gasteiger partial charge is 0.181 e. The second-order valence-corrected chi connectivity index (χ2v) is 3.66. The van der Waals surface area contributed by atoms with Gasteiger partial charge in [0, 0.05) is 11.1 Å². The summed E-state index contributed by atoms with van der Waals surface area (Å²) in [6.07, 6.45) is 3.58. The number of rotatable bonds is 1. The molecule has 13 heavy (non-hydrogen) atoms. The summed E-state index contributed by atoms with van der Waals surface area (Å²) < 4.78 is 5.21. The van der Waals surface area contributed by atoms with Crippen LogP contribution in [-0.4, -0.2) is 4.98 Å². The monoisotopic (exact) mass is 174 g/mol. The summed E-state index contributed by atoms with van der Waals surface area (Å²) in [5.41, 5.74) is 8.85. The summed E-state index contributed by atoms with van der Waals surface area (Å²) in [6.45, 7) is 0. The Balaban J connectivity index is 2.33. The van der Waals surface area contributed by atoms with Gasteiger partial charge in [-0.15, -0.1) is 0 Å². The molecule has 1 aromatic carbocycles. The first kappa shape index (κ1) is 7.09. The Kier molecular flexibility index (Phi) is 1.15. The number of nitrogens with two attached hydrogens (primary N) is 1. The molecule has 0 unspecified atom stereocenters. The van der Waals surface area contributed by atoms with Crippen LogP contribution in [0.5, 0.6) is 0 Å². The lowest BCUT2D eigenvalue weighted by Crippen LogP contribution is -2.18. The summed E-state index contributed by atoms with van der Waals surface area (Å²) >= 11 is 0. The van der Waals surface area contributed by atoms with Gasteiger partial charge in [-0.2, -0.15) is 0 Å². The van der Waals surface area contributed by atoms with Gasteiger partial charge in [0.2, 0.25) is 0 Å². The molecule has 0 spiro atoms. The van der Waals surface area contributed by atoms with Gasteiger partial charge < -0.3 is 10.2 Å². The van der Waals surface area contributed by atoms with Gasteiger partial charge in [-0.1, -0.05) is 12.1 Å². The molecule has 1 aliphatic rings. The van der Waals surface area contributed by atoms with Gasteiger partial charge in [-0.05, 0) is 18.9 Å². The fourth-order valence-electron chi connectivity index (χ4n) is 1.69. The molecule has 1 aromatic heterocycles. The number of fused-ring (bicyclic) bond motifs is 1. The van der Waals surface area contributed by atoms with E-state index in [1.165, 1.54) is 6.39 Å². The second-order valence-electron chi connectivity index (χ2n) is 3.66. The van der Waals surface area contributed by atoms with E-state index >= 15 is 0 Å². The molecule has 0 radical (unpaired) electrons. The number of oxazole rings is 1. The maximum atomic E-state index is 6.11. The molecule has 1 aliphatic carbocycles. The van der Waals surface area contributed by atoms with Gasteiger partial charge in [-0.3, -0.25) is 0 Å². The third-order valence-electron chi connectivity index (χ3n) is 2.69. The van der Waals surface area contributed by atoms with E-state index in [9.17, 15) is 0 Å². The Hall–Kier alpha value is -1.35. The zero-order valence-corrected chi connectivity index (χ0v) is 7.16. The van der Waals surface area contributed by atoms with Crippen LogP contribution in [0, 0.1) is 0 Å². The maximum Gasteiger partial charge on any atom is 0.181 e. The maximum absolute atomic E-state index is 6.11. The highest BCUT2D eigenvalue weighted by Crippen LogP contribution is 2.44. The van der Waals surface area contributed by atoms with Crippen LogP contribution in [0.25, 0.3) is 11.1 Å². The zero-order chi connectivity index (χ0) is 8.89. The number of hydrogen-bond donors (Lipinski definition) is 1. The summed E-state index contributed by atoms with van der Waals surface area (Å²) in [4.78, 5) is 4.18. The van der Waals surface area contributed by atoms with Crippen molar-refractivity contribution < 1.29 is 4.42 Å². The molecule has 0 amide bonds. The second kappa shape index (κ2) is 2.12. The van der Waals surface area contributed by atoms with E-state index in [1.807, 2.05) is 18.2 Å². The van der Waals surface area contributed by atoms with E-state index in [4.69, 9.17) is 10.2 Å². The van der Waals surface area contributed by atoms with Crippen LogP contribution < -0.4 is 5.73 Å². The Labute approximate surface area is 75.6 Å². The quantitative estimate of drug-likeness (QED) is 0.716. The lowest BCUT2D eigenvalue weighted by atomic mass is 10.0. The molecule has 0 bridgehead atoms. The van der Waals surface area contributed by atoms with Crippen LogP contribution in [0.1, 0.15) is 18.4 Å². The van der Waals surface area contributed by atoms with Gasteiger partial charge in [0.15, 0.2) is 12.0 Å². The van der Waals surface area contributed by atoms with Crippen molar-refractivity contribution in [2.24, 2.45) is 5.73 Å². The van der Waals surface area contributed by atoms with Gasteiger partial charge in [-0.25, -0.2) is 4.98 Å². The van der Waals surface area contributed by atoms with Crippen LogP contribution in [0.3, 0.4) is 0 Å². The molecule has 66 valence electrons. The predicted octanol–water partition coefficient (Wildman–Crippen LogP) is 1.78. The molecule has 3 nitrogen and oxygen atoms in total. The van der Waals surface area contributed by atoms with Gasteiger partial charge in [0.25, 0.3) is 0 Å². The average Bonchev–Trinajstić information content (AvgIpc) is 2.72. The average molecular weight is 174 g/mol. The van der Waals surface area contributed by atoms with Crippen molar-refractivity contribution in [3.8, 4) is 0 Å². The summed E-state index contributed by atoms with van der Waals surface area (Å²) in [7, 11) is 0. The van der Waals surface area contributed by atoms with E-state index in [1.54, 1.807) is 0 Å². The molecule has 0 saturated heterocycles. The first-order valence-corrected chi connectivity index (χ1v) is 4.41. The fourth-order valence-corrected chi connectivity index (χ4v) is 1.69. The van der Waals surface area contributed by atoms with Gasteiger partial charge >= 0.3 is 0 Å².